The van der Waals surface area contributed by atoms with Gasteiger partial charge in [-0.1, -0.05) is 84.0 Å². The third-order valence-corrected chi connectivity index (χ3v) is 7.66. The maximum absolute atomic E-state index is 11.6. The van der Waals surface area contributed by atoms with Gasteiger partial charge in [0.2, 0.25) is 0 Å². The molecular weight excluding hydrogens is 512 g/mol. The number of aromatic nitrogens is 3. The molecule has 0 radical (unpaired) electrons. The summed E-state index contributed by atoms with van der Waals surface area (Å²) >= 11 is 0. The predicted octanol–water partition coefficient (Wildman–Crippen LogP) is 6.19. The van der Waals surface area contributed by atoms with Crippen molar-refractivity contribution in [2.45, 2.75) is 64.8 Å². The second kappa shape index (κ2) is 9.59. The van der Waals surface area contributed by atoms with Gasteiger partial charge in [-0.25, -0.2) is 0 Å². The minimum absolute atomic E-state index is 0.0479. The zero-order valence-electron chi connectivity index (χ0n) is 24.3. The van der Waals surface area contributed by atoms with Gasteiger partial charge in [0, 0.05) is 17.5 Å². The lowest BCUT2D eigenvalue weighted by Gasteiger charge is -2.26. The van der Waals surface area contributed by atoms with Crippen molar-refractivity contribution in [1.82, 2.24) is 20.4 Å². The third-order valence-electron chi connectivity index (χ3n) is 7.66. The van der Waals surface area contributed by atoms with E-state index >= 15 is 0 Å². The van der Waals surface area contributed by atoms with Crippen LogP contribution in [0.2, 0.25) is 0 Å². The second-order valence-electron chi connectivity index (χ2n) is 12.8. The molecule has 210 valence electrons. The molecule has 0 amide bonds. The summed E-state index contributed by atoms with van der Waals surface area (Å²) in [5, 5.41) is 38.9. The largest absolute Gasteiger partial charge is 0.505 e. The highest BCUT2D eigenvalue weighted by Crippen LogP contribution is 2.41. The number of hydrogen-bond donors (Lipinski definition) is 3. The van der Waals surface area contributed by atoms with Crippen LogP contribution in [0.5, 0.6) is 11.5 Å². The van der Waals surface area contributed by atoms with Gasteiger partial charge in [0.25, 0.3) is 0 Å². The first kappa shape index (κ1) is 26.8. The molecule has 1 atom stereocenters. The van der Waals surface area contributed by atoms with Crippen molar-refractivity contribution in [3.05, 3.63) is 95.1 Å². The SMILES string of the molecule is CC(C)(C)c1cc(Cc2cc(C(C)(C)C)cc(-n3nc4ccccc4n3)c2O)c(O)c(N2N=C3C=CC=CC3N2)c1. The number of fused-ring (bicyclic) bond motifs is 2. The summed E-state index contributed by atoms with van der Waals surface area (Å²) in [7, 11) is 0. The lowest BCUT2D eigenvalue weighted by molar-refractivity contribution is 0.455. The number of benzene rings is 3. The number of phenolic OH excluding ortho intramolecular Hbond substituents is 2. The summed E-state index contributed by atoms with van der Waals surface area (Å²) in [6, 6.07) is 15.6. The smallest absolute Gasteiger partial charge is 0.146 e. The number of phenols is 2. The molecule has 1 aliphatic carbocycles. The van der Waals surface area contributed by atoms with Crippen molar-refractivity contribution in [3.8, 4) is 17.2 Å². The van der Waals surface area contributed by atoms with Crippen LogP contribution in [-0.4, -0.2) is 37.0 Å². The maximum Gasteiger partial charge on any atom is 0.146 e. The Hall–Kier alpha value is -4.43. The van der Waals surface area contributed by atoms with Crippen molar-refractivity contribution in [3.63, 3.8) is 0 Å². The normalized spacial score (nSPS) is 16.9. The van der Waals surface area contributed by atoms with Crippen LogP contribution in [-0.2, 0) is 17.3 Å². The quantitative estimate of drug-likeness (QED) is 0.281. The fraction of sp³-hybridized carbons (Fsp3) is 0.303. The maximum atomic E-state index is 11.6. The molecule has 2 heterocycles. The van der Waals surface area contributed by atoms with Gasteiger partial charge in [-0.2, -0.15) is 15.6 Å². The van der Waals surface area contributed by atoms with Crippen LogP contribution in [0.15, 0.2) is 77.9 Å². The van der Waals surface area contributed by atoms with Gasteiger partial charge in [0.1, 0.15) is 33.9 Å². The molecule has 0 spiro atoms. The Morgan fingerprint density at radius 2 is 1.34 bits per heavy atom. The van der Waals surface area contributed by atoms with Gasteiger partial charge in [0.05, 0.1) is 11.8 Å². The Morgan fingerprint density at radius 3 is 1.90 bits per heavy atom. The number of allylic oxidation sites excluding steroid dienone is 2. The molecular formula is C33H36N6O2. The summed E-state index contributed by atoms with van der Waals surface area (Å²) in [6.07, 6.45) is 8.25. The number of nitrogens with zero attached hydrogens (tertiary/aromatic N) is 5. The Balaban J connectivity index is 1.48. The van der Waals surface area contributed by atoms with Crippen LogP contribution in [0, 0.1) is 0 Å². The van der Waals surface area contributed by atoms with Crippen molar-refractivity contribution < 1.29 is 10.2 Å². The van der Waals surface area contributed by atoms with Crippen LogP contribution in [0.3, 0.4) is 0 Å². The first-order valence-corrected chi connectivity index (χ1v) is 13.9. The molecule has 3 N–H and O–H groups in total. The molecule has 1 unspecified atom stereocenters. The molecule has 1 aromatic heterocycles. The average Bonchev–Trinajstić information content (AvgIpc) is 3.54. The van der Waals surface area contributed by atoms with Gasteiger partial charge < -0.3 is 10.2 Å². The van der Waals surface area contributed by atoms with Gasteiger partial charge >= 0.3 is 0 Å². The molecule has 0 fully saturated rings. The number of hydrazone groups is 1. The minimum atomic E-state index is -0.197. The van der Waals surface area contributed by atoms with E-state index in [0.717, 1.165) is 27.9 Å². The summed E-state index contributed by atoms with van der Waals surface area (Å²) in [6.45, 7) is 12.8. The number of nitrogens with one attached hydrogen (secondary N) is 1. The van der Waals surface area contributed by atoms with Gasteiger partial charge in [-0.15, -0.1) is 15.0 Å². The van der Waals surface area contributed by atoms with Crippen molar-refractivity contribution in [2.75, 3.05) is 5.12 Å². The van der Waals surface area contributed by atoms with E-state index in [1.54, 1.807) is 5.12 Å². The van der Waals surface area contributed by atoms with E-state index in [9.17, 15) is 10.2 Å². The fourth-order valence-corrected chi connectivity index (χ4v) is 5.11. The number of rotatable bonds is 4. The highest BCUT2D eigenvalue weighted by Gasteiger charge is 2.29. The molecule has 1 aliphatic heterocycles. The van der Waals surface area contributed by atoms with Crippen LogP contribution >= 0.6 is 0 Å². The van der Waals surface area contributed by atoms with E-state index < -0.39 is 0 Å². The van der Waals surface area contributed by atoms with Crippen molar-refractivity contribution >= 4 is 22.4 Å². The fourth-order valence-electron chi connectivity index (χ4n) is 5.11. The van der Waals surface area contributed by atoms with Crippen LogP contribution in [0.4, 0.5) is 5.69 Å². The Morgan fingerprint density at radius 1 is 0.780 bits per heavy atom. The molecule has 41 heavy (non-hydrogen) atoms. The lowest BCUT2D eigenvalue weighted by Crippen LogP contribution is -2.37. The van der Waals surface area contributed by atoms with E-state index in [2.05, 4.69) is 57.2 Å². The monoisotopic (exact) mass is 548 g/mol. The lowest BCUT2D eigenvalue weighted by atomic mass is 9.83. The molecule has 0 bridgehead atoms. The number of hydrogen-bond acceptors (Lipinski definition) is 7. The summed E-state index contributed by atoms with van der Waals surface area (Å²) in [5.74, 6) is 0.202. The van der Waals surface area contributed by atoms with Crippen LogP contribution in [0.1, 0.15) is 63.8 Å². The predicted molar refractivity (Wildman–Crippen MR) is 164 cm³/mol. The summed E-state index contributed by atoms with van der Waals surface area (Å²) < 4.78 is 0. The highest BCUT2D eigenvalue weighted by molar-refractivity contribution is 6.04. The van der Waals surface area contributed by atoms with Gasteiger partial charge in [-0.3, -0.25) is 0 Å². The van der Waals surface area contributed by atoms with Gasteiger partial charge in [-0.05, 0) is 52.3 Å². The van der Waals surface area contributed by atoms with E-state index in [4.69, 9.17) is 5.10 Å². The first-order valence-electron chi connectivity index (χ1n) is 13.9. The average molecular weight is 549 g/mol. The van der Waals surface area contributed by atoms with Crippen LogP contribution < -0.4 is 10.5 Å². The number of hydrazine groups is 1. The molecule has 4 aromatic rings. The zero-order valence-corrected chi connectivity index (χ0v) is 24.3. The third kappa shape index (κ3) is 5.00. The molecule has 3 aromatic carbocycles. The molecule has 2 aliphatic rings. The van der Waals surface area contributed by atoms with E-state index in [-0.39, 0.29) is 28.4 Å². The standard InChI is InChI=1S/C33H36N6O2/c1-32(2,3)22-16-20(30(40)28(18-22)38-34-24-11-7-8-12-25(24)35-38)15-21-17-23(33(4,5)6)19-29(31(21)41)39-36-26-13-9-10-14-27(26)37-39/h7-14,16-19,24,34,40-41H,15H2,1-6H3. The van der Waals surface area contributed by atoms with E-state index in [0.29, 0.717) is 28.9 Å². The molecule has 0 saturated heterocycles. The Labute approximate surface area is 240 Å². The summed E-state index contributed by atoms with van der Waals surface area (Å²) in [4.78, 5) is 1.50. The molecule has 8 heteroatoms. The number of aromatic hydroxyl groups is 2. The molecule has 0 saturated carbocycles. The zero-order chi connectivity index (χ0) is 29.1. The van der Waals surface area contributed by atoms with Crippen molar-refractivity contribution in [2.24, 2.45) is 5.10 Å². The van der Waals surface area contributed by atoms with E-state index in [1.165, 1.54) is 4.80 Å². The Kier molecular flexibility index (Phi) is 6.26. The first-order chi connectivity index (χ1) is 19.4. The summed E-state index contributed by atoms with van der Waals surface area (Å²) in [5.41, 5.74) is 9.90. The topological polar surface area (TPSA) is 98.8 Å². The molecule has 6 rings (SSSR count). The molecule has 8 nitrogen and oxygen atoms in total. The van der Waals surface area contributed by atoms with Gasteiger partial charge in [0.15, 0.2) is 0 Å². The Bertz CT molecular complexity index is 1720. The van der Waals surface area contributed by atoms with Crippen molar-refractivity contribution in [1.29, 1.82) is 0 Å². The second-order valence-corrected chi connectivity index (χ2v) is 12.8. The van der Waals surface area contributed by atoms with Crippen LogP contribution in [0.25, 0.3) is 16.7 Å². The van der Waals surface area contributed by atoms with E-state index in [1.807, 2.05) is 72.8 Å². The highest BCUT2D eigenvalue weighted by atomic mass is 16.3. The number of anilines is 1. The minimum Gasteiger partial charge on any atom is -0.505 e.